The van der Waals surface area contributed by atoms with Gasteiger partial charge >= 0.3 is 0 Å². The smallest absolute Gasteiger partial charge is 0.227 e. The molecule has 1 aliphatic rings. The maximum atomic E-state index is 12.6. The van der Waals surface area contributed by atoms with Crippen LogP contribution in [-0.4, -0.2) is 29.8 Å². The van der Waals surface area contributed by atoms with Crippen molar-refractivity contribution < 1.29 is 9.59 Å². The van der Waals surface area contributed by atoms with Crippen molar-refractivity contribution in [2.45, 2.75) is 51.9 Å². The lowest BCUT2D eigenvalue weighted by Gasteiger charge is -2.31. The summed E-state index contributed by atoms with van der Waals surface area (Å²) in [6, 6.07) is 18.2. The summed E-state index contributed by atoms with van der Waals surface area (Å²) >= 11 is 0. The molecule has 0 unspecified atom stereocenters. The van der Waals surface area contributed by atoms with Crippen LogP contribution in [0.5, 0.6) is 0 Å². The quantitative estimate of drug-likeness (QED) is 0.795. The zero-order chi connectivity index (χ0) is 20.9. The highest BCUT2D eigenvalue weighted by atomic mass is 16.2. The standard InChI is InChI=1S/C25H32N2O2/c1-25(2,3)21-10-12-22(13-11-21)26-24(29)20-15-17-27(18-16-20)23(28)14-9-19-7-5-4-6-8-19/h4-8,10-13,20H,9,14-18H2,1-3H3,(H,26,29). The summed E-state index contributed by atoms with van der Waals surface area (Å²) in [5.74, 6) is 0.214. The van der Waals surface area contributed by atoms with E-state index in [1.165, 1.54) is 11.1 Å². The summed E-state index contributed by atoms with van der Waals surface area (Å²) in [5, 5.41) is 3.04. The lowest BCUT2D eigenvalue weighted by Crippen LogP contribution is -2.41. The SMILES string of the molecule is CC(C)(C)c1ccc(NC(=O)C2CCN(C(=O)CCc3ccccc3)CC2)cc1. The van der Waals surface area contributed by atoms with Gasteiger partial charge in [-0.25, -0.2) is 0 Å². The largest absolute Gasteiger partial charge is 0.343 e. The van der Waals surface area contributed by atoms with Crippen LogP contribution in [0.15, 0.2) is 54.6 Å². The molecule has 154 valence electrons. The number of rotatable bonds is 5. The van der Waals surface area contributed by atoms with Crippen molar-refractivity contribution in [1.29, 1.82) is 0 Å². The van der Waals surface area contributed by atoms with E-state index < -0.39 is 0 Å². The number of likely N-dealkylation sites (tertiary alicyclic amines) is 1. The Morgan fingerprint density at radius 1 is 0.966 bits per heavy atom. The van der Waals surface area contributed by atoms with Gasteiger partial charge in [-0.15, -0.1) is 0 Å². The molecule has 29 heavy (non-hydrogen) atoms. The number of carbonyl (C=O) groups excluding carboxylic acids is 2. The average Bonchev–Trinajstić information content (AvgIpc) is 2.72. The summed E-state index contributed by atoms with van der Waals surface area (Å²) in [5.41, 5.74) is 3.37. The third-order valence-electron chi connectivity index (χ3n) is 5.71. The highest BCUT2D eigenvalue weighted by Gasteiger charge is 2.27. The number of anilines is 1. The monoisotopic (exact) mass is 392 g/mol. The molecule has 1 saturated heterocycles. The van der Waals surface area contributed by atoms with Crippen LogP contribution < -0.4 is 5.32 Å². The molecule has 0 atom stereocenters. The van der Waals surface area contributed by atoms with Crippen LogP contribution in [0, 0.1) is 5.92 Å². The van der Waals surface area contributed by atoms with Crippen LogP contribution in [0.3, 0.4) is 0 Å². The summed E-state index contributed by atoms with van der Waals surface area (Å²) in [6.45, 7) is 7.85. The number of aryl methyl sites for hydroxylation is 1. The molecule has 4 heteroatoms. The first-order valence-electron chi connectivity index (χ1n) is 10.6. The van der Waals surface area contributed by atoms with Gasteiger partial charge in [0.2, 0.25) is 11.8 Å². The summed E-state index contributed by atoms with van der Waals surface area (Å²) in [4.78, 5) is 27.0. The average molecular weight is 393 g/mol. The van der Waals surface area contributed by atoms with Gasteiger partial charge in [0.25, 0.3) is 0 Å². The molecule has 2 aromatic carbocycles. The molecule has 2 aromatic rings. The van der Waals surface area contributed by atoms with Crippen molar-refractivity contribution in [1.82, 2.24) is 4.90 Å². The molecule has 0 aliphatic carbocycles. The molecule has 1 heterocycles. The molecule has 1 fully saturated rings. The number of benzene rings is 2. The fraction of sp³-hybridized carbons (Fsp3) is 0.440. The molecule has 1 aliphatic heterocycles. The molecule has 0 spiro atoms. The van der Waals surface area contributed by atoms with Gasteiger partial charge in [-0.05, 0) is 47.9 Å². The fourth-order valence-electron chi connectivity index (χ4n) is 3.74. The van der Waals surface area contributed by atoms with Gasteiger partial charge in [-0.1, -0.05) is 63.2 Å². The molecule has 4 nitrogen and oxygen atoms in total. The second-order valence-electron chi connectivity index (χ2n) is 8.96. The first-order valence-corrected chi connectivity index (χ1v) is 10.6. The molecule has 0 radical (unpaired) electrons. The van der Waals surface area contributed by atoms with Crippen LogP contribution in [-0.2, 0) is 21.4 Å². The predicted octanol–water partition coefficient (Wildman–Crippen LogP) is 4.79. The summed E-state index contributed by atoms with van der Waals surface area (Å²) < 4.78 is 0. The zero-order valence-electron chi connectivity index (χ0n) is 17.8. The fourth-order valence-corrected chi connectivity index (χ4v) is 3.74. The molecule has 0 saturated carbocycles. The Kier molecular flexibility index (Phi) is 6.73. The molecule has 0 bridgehead atoms. The number of piperidine rings is 1. The van der Waals surface area contributed by atoms with E-state index in [0.29, 0.717) is 19.5 Å². The second kappa shape index (κ2) is 9.25. The van der Waals surface area contributed by atoms with Crippen molar-refractivity contribution in [3.8, 4) is 0 Å². The molecule has 0 aromatic heterocycles. The Labute approximate surface area is 174 Å². The zero-order valence-corrected chi connectivity index (χ0v) is 17.8. The van der Waals surface area contributed by atoms with E-state index in [9.17, 15) is 9.59 Å². The van der Waals surface area contributed by atoms with Crippen LogP contribution >= 0.6 is 0 Å². The molecule has 3 rings (SSSR count). The third kappa shape index (κ3) is 5.93. The predicted molar refractivity (Wildman–Crippen MR) is 118 cm³/mol. The maximum absolute atomic E-state index is 12.6. The normalized spacial score (nSPS) is 15.2. The number of hydrogen-bond acceptors (Lipinski definition) is 2. The van der Waals surface area contributed by atoms with Gasteiger partial charge in [-0.3, -0.25) is 9.59 Å². The third-order valence-corrected chi connectivity index (χ3v) is 5.71. The van der Waals surface area contributed by atoms with E-state index in [0.717, 1.165) is 24.9 Å². The van der Waals surface area contributed by atoms with Crippen LogP contribution in [0.4, 0.5) is 5.69 Å². The number of carbonyl (C=O) groups is 2. The van der Waals surface area contributed by atoms with Crippen molar-refractivity contribution in [2.24, 2.45) is 5.92 Å². The Hall–Kier alpha value is -2.62. The van der Waals surface area contributed by atoms with Crippen molar-refractivity contribution in [3.63, 3.8) is 0 Å². The minimum atomic E-state index is -0.0320. The summed E-state index contributed by atoms with van der Waals surface area (Å²) in [7, 11) is 0. The van der Waals surface area contributed by atoms with E-state index in [1.54, 1.807) is 0 Å². The van der Waals surface area contributed by atoms with Crippen molar-refractivity contribution in [2.75, 3.05) is 18.4 Å². The Morgan fingerprint density at radius 2 is 1.59 bits per heavy atom. The van der Waals surface area contributed by atoms with Gasteiger partial charge < -0.3 is 10.2 Å². The topological polar surface area (TPSA) is 49.4 Å². The van der Waals surface area contributed by atoms with Gasteiger partial charge in [-0.2, -0.15) is 0 Å². The molecular formula is C25H32N2O2. The maximum Gasteiger partial charge on any atom is 0.227 e. The number of nitrogens with zero attached hydrogens (tertiary/aromatic N) is 1. The first-order chi connectivity index (χ1) is 13.8. The highest BCUT2D eigenvalue weighted by Crippen LogP contribution is 2.25. The lowest BCUT2D eigenvalue weighted by molar-refractivity contribution is -0.134. The first kappa shape index (κ1) is 21.1. The van der Waals surface area contributed by atoms with Gasteiger partial charge in [0.05, 0.1) is 0 Å². The Bertz CT molecular complexity index is 814. The van der Waals surface area contributed by atoms with Crippen molar-refractivity contribution in [3.05, 3.63) is 65.7 Å². The van der Waals surface area contributed by atoms with E-state index in [4.69, 9.17) is 0 Å². The van der Waals surface area contributed by atoms with Crippen molar-refractivity contribution >= 4 is 17.5 Å². The molecule has 2 amide bonds. The van der Waals surface area contributed by atoms with E-state index in [-0.39, 0.29) is 23.1 Å². The Balaban J connectivity index is 1.45. The Morgan fingerprint density at radius 3 is 2.17 bits per heavy atom. The minimum absolute atomic E-state index is 0.0320. The molecule has 1 N–H and O–H groups in total. The van der Waals surface area contributed by atoms with E-state index in [2.05, 4.69) is 50.4 Å². The van der Waals surface area contributed by atoms with Crippen LogP contribution in [0.2, 0.25) is 0 Å². The summed E-state index contributed by atoms with van der Waals surface area (Å²) in [6.07, 6.45) is 2.75. The second-order valence-corrected chi connectivity index (χ2v) is 8.96. The van der Waals surface area contributed by atoms with Crippen LogP contribution in [0.25, 0.3) is 0 Å². The van der Waals surface area contributed by atoms with E-state index in [1.807, 2.05) is 35.2 Å². The van der Waals surface area contributed by atoms with E-state index >= 15 is 0 Å². The number of nitrogens with one attached hydrogen (secondary N) is 1. The van der Waals surface area contributed by atoms with Gasteiger partial charge in [0.15, 0.2) is 0 Å². The lowest BCUT2D eigenvalue weighted by atomic mass is 9.87. The van der Waals surface area contributed by atoms with Crippen LogP contribution in [0.1, 0.15) is 51.2 Å². The molecular weight excluding hydrogens is 360 g/mol. The minimum Gasteiger partial charge on any atom is -0.343 e. The van der Waals surface area contributed by atoms with Gasteiger partial charge in [0, 0.05) is 31.1 Å². The number of hydrogen-bond donors (Lipinski definition) is 1. The van der Waals surface area contributed by atoms with Gasteiger partial charge in [0.1, 0.15) is 0 Å². The highest BCUT2D eigenvalue weighted by molar-refractivity contribution is 5.92. The number of amides is 2.